The minimum atomic E-state index is -0.902. The van der Waals surface area contributed by atoms with Crippen molar-refractivity contribution in [1.29, 1.82) is 0 Å². The number of hydrogen-bond acceptors (Lipinski definition) is 5. The fourth-order valence-electron chi connectivity index (χ4n) is 2.11. The Morgan fingerprint density at radius 1 is 1.35 bits per heavy atom. The van der Waals surface area contributed by atoms with Crippen LogP contribution in [0.5, 0.6) is 11.5 Å². The minimum absolute atomic E-state index is 0.308. The molecule has 0 amide bonds. The standard InChI is InChI=1S/C15H21NO4/c1-4-18-14(17)15(2,16-3)11-6-7-12-13(10-11)20-9-5-8-19-12/h6-7,10,16H,4-5,8-9H2,1-3H3. The maximum Gasteiger partial charge on any atom is 0.330 e. The summed E-state index contributed by atoms with van der Waals surface area (Å²) in [5, 5.41) is 3.03. The van der Waals surface area contributed by atoms with Crippen LogP contribution in [0.3, 0.4) is 0 Å². The summed E-state index contributed by atoms with van der Waals surface area (Å²) in [7, 11) is 1.74. The number of esters is 1. The molecule has 0 saturated heterocycles. The minimum Gasteiger partial charge on any atom is -0.490 e. The Morgan fingerprint density at radius 3 is 2.70 bits per heavy atom. The highest BCUT2D eigenvalue weighted by Gasteiger charge is 2.36. The number of nitrogens with one attached hydrogen (secondary N) is 1. The number of benzene rings is 1. The van der Waals surface area contributed by atoms with E-state index < -0.39 is 5.54 Å². The average molecular weight is 279 g/mol. The molecule has 0 radical (unpaired) electrons. The summed E-state index contributed by atoms with van der Waals surface area (Å²) in [5.74, 6) is 1.08. The Balaban J connectivity index is 2.35. The van der Waals surface area contributed by atoms with Gasteiger partial charge in [0.25, 0.3) is 0 Å². The maximum atomic E-state index is 12.2. The molecule has 0 spiro atoms. The zero-order valence-corrected chi connectivity index (χ0v) is 12.2. The lowest BCUT2D eigenvalue weighted by atomic mass is 9.92. The van der Waals surface area contributed by atoms with Crippen molar-refractivity contribution < 1.29 is 19.0 Å². The summed E-state index contributed by atoms with van der Waals surface area (Å²) >= 11 is 0. The maximum absolute atomic E-state index is 12.2. The van der Waals surface area contributed by atoms with Crippen LogP contribution in [-0.2, 0) is 15.1 Å². The van der Waals surface area contributed by atoms with E-state index >= 15 is 0 Å². The summed E-state index contributed by atoms with van der Waals surface area (Å²) in [6.07, 6.45) is 0.852. The summed E-state index contributed by atoms with van der Waals surface area (Å²) in [6, 6.07) is 5.54. The molecule has 2 rings (SSSR count). The zero-order valence-electron chi connectivity index (χ0n) is 12.2. The van der Waals surface area contributed by atoms with Gasteiger partial charge in [-0.15, -0.1) is 0 Å². The van der Waals surface area contributed by atoms with E-state index in [4.69, 9.17) is 14.2 Å². The number of carbonyl (C=O) groups is 1. The monoisotopic (exact) mass is 279 g/mol. The number of likely N-dealkylation sites (N-methyl/N-ethyl adjacent to an activating group) is 1. The topological polar surface area (TPSA) is 56.8 Å². The molecular formula is C15H21NO4. The molecule has 1 atom stereocenters. The number of fused-ring (bicyclic) bond motifs is 1. The third-order valence-corrected chi connectivity index (χ3v) is 3.51. The van der Waals surface area contributed by atoms with Crippen molar-refractivity contribution in [3.05, 3.63) is 23.8 Å². The van der Waals surface area contributed by atoms with Crippen LogP contribution in [0.2, 0.25) is 0 Å². The highest BCUT2D eigenvalue weighted by molar-refractivity contribution is 5.82. The van der Waals surface area contributed by atoms with Crippen LogP contribution < -0.4 is 14.8 Å². The molecule has 1 N–H and O–H groups in total. The predicted octanol–water partition coefficient (Wildman–Crippen LogP) is 1.85. The van der Waals surface area contributed by atoms with Crippen LogP contribution in [-0.4, -0.2) is 32.8 Å². The highest BCUT2D eigenvalue weighted by atomic mass is 16.5. The van der Waals surface area contributed by atoms with Gasteiger partial charge in [-0.3, -0.25) is 0 Å². The van der Waals surface area contributed by atoms with E-state index in [1.165, 1.54) is 0 Å². The van der Waals surface area contributed by atoms with Crippen molar-refractivity contribution in [1.82, 2.24) is 5.32 Å². The first-order valence-electron chi connectivity index (χ1n) is 6.88. The highest BCUT2D eigenvalue weighted by Crippen LogP contribution is 2.34. The molecule has 1 aliphatic rings. The molecule has 1 aromatic carbocycles. The number of hydrogen-bond donors (Lipinski definition) is 1. The molecular weight excluding hydrogens is 258 g/mol. The molecule has 5 heteroatoms. The molecule has 20 heavy (non-hydrogen) atoms. The van der Waals surface area contributed by atoms with Gasteiger partial charge in [0.1, 0.15) is 5.54 Å². The number of ether oxygens (including phenoxy) is 3. The van der Waals surface area contributed by atoms with Crippen LogP contribution >= 0.6 is 0 Å². The van der Waals surface area contributed by atoms with Gasteiger partial charge < -0.3 is 19.5 Å². The zero-order chi connectivity index (χ0) is 14.6. The van der Waals surface area contributed by atoms with Gasteiger partial charge in [0.2, 0.25) is 0 Å². The number of carbonyl (C=O) groups excluding carboxylic acids is 1. The third-order valence-electron chi connectivity index (χ3n) is 3.51. The van der Waals surface area contributed by atoms with Crippen LogP contribution in [0.25, 0.3) is 0 Å². The molecule has 1 heterocycles. The Labute approximate surface area is 119 Å². The van der Waals surface area contributed by atoms with Gasteiger partial charge in [0.15, 0.2) is 11.5 Å². The van der Waals surface area contributed by atoms with Gasteiger partial charge in [0, 0.05) is 6.42 Å². The van der Waals surface area contributed by atoms with Crippen molar-refractivity contribution in [2.75, 3.05) is 26.9 Å². The molecule has 1 aromatic rings. The summed E-state index contributed by atoms with van der Waals surface area (Å²) in [6.45, 7) is 5.20. The van der Waals surface area contributed by atoms with E-state index in [2.05, 4.69) is 5.32 Å². The first-order chi connectivity index (χ1) is 9.61. The average Bonchev–Trinajstić information content (AvgIpc) is 2.71. The predicted molar refractivity (Wildman–Crippen MR) is 75.1 cm³/mol. The largest absolute Gasteiger partial charge is 0.490 e. The summed E-state index contributed by atoms with van der Waals surface area (Å²) in [4.78, 5) is 12.2. The van der Waals surface area contributed by atoms with Crippen LogP contribution in [0.4, 0.5) is 0 Å². The molecule has 0 aromatic heterocycles. The number of rotatable bonds is 4. The quantitative estimate of drug-likeness (QED) is 0.852. The fourth-order valence-corrected chi connectivity index (χ4v) is 2.11. The van der Waals surface area contributed by atoms with E-state index in [1.54, 1.807) is 20.9 Å². The molecule has 1 aliphatic heterocycles. The van der Waals surface area contributed by atoms with Gasteiger partial charge in [-0.05, 0) is 38.6 Å². The second kappa shape index (κ2) is 6.13. The van der Waals surface area contributed by atoms with E-state index in [9.17, 15) is 4.79 Å². The lowest BCUT2D eigenvalue weighted by Gasteiger charge is -2.27. The Kier molecular flexibility index (Phi) is 4.49. The lowest BCUT2D eigenvalue weighted by Crippen LogP contribution is -2.45. The van der Waals surface area contributed by atoms with Gasteiger partial charge in [-0.25, -0.2) is 4.79 Å². The molecule has 0 bridgehead atoms. The first-order valence-corrected chi connectivity index (χ1v) is 6.88. The molecule has 1 unspecified atom stereocenters. The molecule has 0 saturated carbocycles. The van der Waals surface area contributed by atoms with Crippen molar-refractivity contribution >= 4 is 5.97 Å². The molecule has 0 aliphatic carbocycles. The van der Waals surface area contributed by atoms with Gasteiger partial charge >= 0.3 is 5.97 Å². The van der Waals surface area contributed by atoms with Gasteiger partial charge in [-0.2, -0.15) is 0 Å². The fraction of sp³-hybridized carbons (Fsp3) is 0.533. The van der Waals surface area contributed by atoms with Crippen molar-refractivity contribution in [3.63, 3.8) is 0 Å². The van der Waals surface area contributed by atoms with Crippen LogP contribution in [0.1, 0.15) is 25.8 Å². The van der Waals surface area contributed by atoms with Crippen molar-refractivity contribution in [2.24, 2.45) is 0 Å². The Hall–Kier alpha value is -1.75. The van der Waals surface area contributed by atoms with E-state index in [0.717, 1.165) is 12.0 Å². The van der Waals surface area contributed by atoms with Gasteiger partial charge in [-0.1, -0.05) is 6.07 Å². The molecule has 0 fully saturated rings. The van der Waals surface area contributed by atoms with Gasteiger partial charge in [0.05, 0.1) is 19.8 Å². The molecule has 5 nitrogen and oxygen atoms in total. The van der Waals surface area contributed by atoms with E-state index in [1.807, 2.05) is 18.2 Å². The normalized spacial score (nSPS) is 16.9. The Morgan fingerprint density at radius 2 is 2.05 bits per heavy atom. The second-order valence-corrected chi connectivity index (χ2v) is 4.81. The van der Waals surface area contributed by atoms with E-state index in [-0.39, 0.29) is 5.97 Å². The summed E-state index contributed by atoms with van der Waals surface area (Å²) < 4.78 is 16.4. The van der Waals surface area contributed by atoms with Crippen LogP contribution in [0, 0.1) is 0 Å². The van der Waals surface area contributed by atoms with Crippen molar-refractivity contribution in [2.45, 2.75) is 25.8 Å². The third kappa shape index (κ3) is 2.72. The van der Waals surface area contributed by atoms with Crippen molar-refractivity contribution in [3.8, 4) is 11.5 Å². The van der Waals surface area contributed by atoms with E-state index in [0.29, 0.717) is 31.3 Å². The summed E-state index contributed by atoms with van der Waals surface area (Å²) in [5.41, 5.74) is -0.108. The lowest BCUT2D eigenvalue weighted by molar-refractivity contribution is -0.150. The SMILES string of the molecule is CCOC(=O)C(C)(NC)c1ccc2c(c1)OCCCO2. The second-order valence-electron chi connectivity index (χ2n) is 4.81. The first kappa shape index (κ1) is 14.7. The Bertz CT molecular complexity index is 489. The molecule has 110 valence electrons. The van der Waals surface area contributed by atoms with Crippen LogP contribution in [0.15, 0.2) is 18.2 Å². The smallest absolute Gasteiger partial charge is 0.330 e.